The van der Waals surface area contributed by atoms with Gasteiger partial charge in [0, 0.05) is 24.9 Å². The summed E-state index contributed by atoms with van der Waals surface area (Å²) in [4.78, 5) is 0.312. The zero-order valence-corrected chi connectivity index (χ0v) is 13.4. The predicted molar refractivity (Wildman–Crippen MR) is 86.0 cm³/mol. The Morgan fingerprint density at radius 1 is 1.37 bits per heavy atom. The van der Waals surface area contributed by atoms with Crippen LogP contribution in [0.4, 0.5) is 0 Å². The molecule has 4 nitrogen and oxygen atoms in total. The summed E-state index contributed by atoms with van der Waals surface area (Å²) in [7, 11) is -1.66. The average Bonchev–Trinajstić information content (AvgIpc) is 2.36. The first kappa shape index (κ1) is 16.4. The molecule has 19 heavy (non-hydrogen) atoms. The molecule has 0 atom stereocenters. The van der Waals surface area contributed by atoms with Crippen molar-refractivity contribution in [3.63, 3.8) is 0 Å². The van der Waals surface area contributed by atoms with Gasteiger partial charge in [-0.15, -0.1) is 0 Å². The van der Waals surface area contributed by atoms with Gasteiger partial charge in [-0.1, -0.05) is 36.5 Å². The highest BCUT2D eigenvalue weighted by Gasteiger charge is 2.17. The number of rotatable bonds is 7. The largest absolute Gasteiger partial charge is 0.389 e. The molecule has 0 spiro atoms. The van der Waals surface area contributed by atoms with Crippen molar-refractivity contribution in [1.29, 1.82) is 0 Å². The lowest BCUT2D eigenvalue weighted by molar-refractivity contribution is 0.488. The van der Waals surface area contributed by atoms with Gasteiger partial charge < -0.3 is 5.73 Å². The number of thiocarbonyl (C=S) groups is 1. The van der Waals surface area contributed by atoms with E-state index in [4.69, 9.17) is 18.0 Å². The third-order valence-electron chi connectivity index (χ3n) is 2.67. The summed E-state index contributed by atoms with van der Waals surface area (Å²) in [6.07, 6.45) is 1.95. The molecule has 0 unspecified atom stereocenters. The van der Waals surface area contributed by atoms with Crippen LogP contribution in [0.15, 0.2) is 24.3 Å². The van der Waals surface area contributed by atoms with Gasteiger partial charge in [-0.25, -0.2) is 12.7 Å². The van der Waals surface area contributed by atoms with E-state index >= 15 is 0 Å². The zero-order chi connectivity index (χ0) is 14.5. The molecule has 106 valence electrons. The monoisotopic (exact) mass is 318 g/mol. The van der Waals surface area contributed by atoms with E-state index in [2.05, 4.69) is 0 Å². The van der Waals surface area contributed by atoms with E-state index in [1.807, 2.05) is 6.26 Å². The van der Waals surface area contributed by atoms with Crippen molar-refractivity contribution >= 4 is 39.0 Å². The van der Waals surface area contributed by atoms with E-state index < -0.39 is 10.0 Å². The Kier molecular flexibility index (Phi) is 6.25. The van der Waals surface area contributed by atoms with Crippen LogP contribution in [-0.4, -0.2) is 43.3 Å². The summed E-state index contributed by atoms with van der Waals surface area (Å²) in [5.74, 6) is 0.783. The van der Waals surface area contributed by atoms with Gasteiger partial charge >= 0.3 is 0 Å². The van der Waals surface area contributed by atoms with Crippen LogP contribution in [-0.2, 0) is 15.8 Å². The first-order valence-electron chi connectivity index (χ1n) is 5.68. The number of sulfonamides is 1. The molecular weight excluding hydrogens is 300 g/mol. The van der Waals surface area contributed by atoms with Crippen molar-refractivity contribution in [2.24, 2.45) is 5.73 Å². The fourth-order valence-electron chi connectivity index (χ4n) is 1.44. The minimum atomic E-state index is -3.26. The predicted octanol–water partition coefficient (Wildman–Crippen LogP) is 1.45. The molecule has 0 heterocycles. The fourth-order valence-corrected chi connectivity index (χ4v) is 3.36. The lowest BCUT2D eigenvalue weighted by Gasteiger charge is -2.16. The minimum Gasteiger partial charge on any atom is -0.389 e. The highest BCUT2D eigenvalue weighted by atomic mass is 32.2. The molecule has 1 aromatic rings. The van der Waals surface area contributed by atoms with Gasteiger partial charge in [-0.2, -0.15) is 11.8 Å². The van der Waals surface area contributed by atoms with Crippen LogP contribution in [0.1, 0.15) is 11.1 Å². The molecule has 0 saturated carbocycles. The van der Waals surface area contributed by atoms with Gasteiger partial charge in [-0.3, -0.25) is 0 Å². The van der Waals surface area contributed by atoms with Crippen LogP contribution in [0.2, 0.25) is 0 Å². The summed E-state index contributed by atoms with van der Waals surface area (Å²) >= 11 is 6.48. The average molecular weight is 318 g/mol. The summed E-state index contributed by atoms with van der Waals surface area (Å²) < 4.78 is 25.6. The van der Waals surface area contributed by atoms with Crippen molar-refractivity contribution in [3.05, 3.63) is 35.4 Å². The molecule has 0 aliphatic rings. The van der Waals surface area contributed by atoms with Crippen LogP contribution in [0, 0.1) is 0 Å². The molecule has 0 aliphatic heterocycles. The van der Waals surface area contributed by atoms with E-state index in [-0.39, 0.29) is 5.75 Å². The van der Waals surface area contributed by atoms with Crippen LogP contribution in [0.5, 0.6) is 0 Å². The van der Waals surface area contributed by atoms with Crippen molar-refractivity contribution in [2.75, 3.05) is 25.6 Å². The highest BCUT2D eigenvalue weighted by molar-refractivity contribution is 7.98. The second kappa shape index (κ2) is 7.23. The quantitative estimate of drug-likeness (QED) is 0.771. The van der Waals surface area contributed by atoms with Crippen molar-refractivity contribution in [1.82, 2.24) is 4.31 Å². The van der Waals surface area contributed by atoms with Crippen molar-refractivity contribution < 1.29 is 8.42 Å². The van der Waals surface area contributed by atoms with E-state index in [1.165, 1.54) is 4.31 Å². The van der Waals surface area contributed by atoms with Crippen molar-refractivity contribution in [3.8, 4) is 0 Å². The maximum absolute atomic E-state index is 12.1. The Morgan fingerprint density at radius 2 is 1.95 bits per heavy atom. The van der Waals surface area contributed by atoms with Crippen LogP contribution in [0.25, 0.3) is 0 Å². The van der Waals surface area contributed by atoms with Crippen LogP contribution in [0.3, 0.4) is 0 Å². The number of nitrogens with zero attached hydrogens (tertiary/aromatic N) is 1. The van der Waals surface area contributed by atoms with Crippen LogP contribution < -0.4 is 5.73 Å². The standard InChI is InChI=1S/C12H18N2O2S3/c1-14(7-8-18-2)19(15,16)9-10-3-5-11(6-4-10)12(13)17/h3-6H,7-9H2,1-2H3,(H2,13,17). The molecule has 1 rings (SSSR count). The minimum absolute atomic E-state index is 0.00447. The smallest absolute Gasteiger partial charge is 0.218 e. The highest BCUT2D eigenvalue weighted by Crippen LogP contribution is 2.11. The maximum Gasteiger partial charge on any atom is 0.218 e. The first-order chi connectivity index (χ1) is 8.86. The van der Waals surface area contributed by atoms with E-state index in [0.29, 0.717) is 11.5 Å². The summed E-state index contributed by atoms with van der Waals surface area (Å²) in [5, 5.41) is 0. The lowest BCUT2D eigenvalue weighted by atomic mass is 10.1. The normalized spacial score (nSPS) is 11.7. The van der Waals surface area contributed by atoms with Gasteiger partial charge in [0.2, 0.25) is 10.0 Å². The lowest BCUT2D eigenvalue weighted by Crippen LogP contribution is -2.30. The van der Waals surface area contributed by atoms with E-state index in [9.17, 15) is 8.42 Å². The number of thioether (sulfide) groups is 1. The van der Waals surface area contributed by atoms with Gasteiger partial charge in [0.05, 0.1) is 5.75 Å². The number of hydrogen-bond donors (Lipinski definition) is 1. The Labute approximate surface area is 124 Å². The molecule has 0 amide bonds. The molecule has 7 heteroatoms. The first-order valence-corrected chi connectivity index (χ1v) is 9.09. The molecule has 0 radical (unpaired) electrons. The number of hydrogen-bond acceptors (Lipinski definition) is 4. The molecule has 1 aromatic carbocycles. The molecule has 0 bridgehead atoms. The number of benzene rings is 1. The molecule has 0 aromatic heterocycles. The maximum atomic E-state index is 12.1. The Hall–Kier alpha value is -0.630. The van der Waals surface area contributed by atoms with Crippen LogP contribution >= 0.6 is 24.0 Å². The summed E-state index contributed by atoms with van der Waals surface area (Å²) in [6.45, 7) is 0.522. The molecular formula is C12H18N2O2S3. The Bertz CT molecular complexity index is 526. The van der Waals surface area contributed by atoms with E-state index in [0.717, 1.165) is 16.9 Å². The van der Waals surface area contributed by atoms with Crippen molar-refractivity contribution in [2.45, 2.75) is 5.75 Å². The van der Waals surface area contributed by atoms with E-state index in [1.54, 1.807) is 43.1 Å². The second-order valence-electron chi connectivity index (χ2n) is 4.13. The third-order valence-corrected chi connectivity index (χ3v) is 5.33. The van der Waals surface area contributed by atoms with Gasteiger partial charge in [0.25, 0.3) is 0 Å². The molecule has 0 aliphatic carbocycles. The summed E-state index contributed by atoms with van der Waals surface area (Å²) in [5.41, 5.74) is 6.97. The zero-order valence-electron chi connectivity index (χ0n) is 11.0. The number of nitrogens with two attached hydrogens (primary N) is 1. The van der Waals surface area contributed by atoms with Gasteiger partial charge in [0.1, 0.15) is 4.99 Å². The summed E-state index contributed by atoms with van der Waals surface area (Å²) in [6, 6.07) is 6.98. The molecule has 0 saturated heterocycles. The SMILES string of the molecule is CSCCN(C)S(=O)(=O)Cc1ccc(C(N)=S)cc1. The third kappa shape index (κ3) is 5.10. The second-order valence-corrected chi connectivity index (χ2v) is 7.63. The topological polar surface area (TPSA) is 63.4 Å². The Balaban J connectivity index is 2.75. The van der Waals surface area contributed by atoms with Gasteiger partial charge in [-0.05, 0) is 11.8 Å². The molecule has 0 fully saturated rings. The van der Waals surface area contributed by atoms with Gasteiger partial charge in [0.15, 0.2) is 0 Å². The Morgan fingerprint density at radius 3 is 2.42 bits per heavy atom. The fraction of sp³-hybridized carbons (Fsp3) is 0.417. The molecule has 2 N–H and O–H groups in total.